The Morgan fingerprint density at radius 3 is 2.42 bits per heavy atom. The largest absolute Gasteiger partial charge is 0.548 e. The van der Waals surface area contributed by atoms with Gasteiger partial charge in [-0.15, -0.1) is 0 Å². The zero-order valence-corrected chi connectivity index (χ0v) is 14.1. The summed E-state index contributed by atoms with van der Waals surface area (Å²) in [5.41, 5.74) is 0.446. The van der Waals surface area contributed by atoms with Crippen LogP contribution in [0.4, 0.5) is 0 Å². The van der Waals surface area contributed by atoms with E-state index in [1.54, 1.807) is 24.3 Å². The van der Waals surface area contributed by atoms with E-state index in [4.69, 9.17) is 9.15 Å². The van der Waals surface area contributed by atoms with E-state index < -0.39 is 23.8 Å². The number of furan rings is 1. The molecule has 8 heteroatoms. The number of hydrogen-bond acceptors (Lipinski definition) is 6. The highest BCUT2D eigenvalue weighted by Crippen LogP contribution is 2.14. The third-order valence-electron chi connectivity index (χ3n) is 3.37. The lowest BCUT2D eigenvalue weighted by Gasteiger charge is -2.16. The first-order chi connectivity index (χ1) is 12.4. The molecular formula is C18H17N2O6-. The Balaban J connectivity index is 2.27. The third kappa shape index (κ3) is 4.97. The van der Waals surface area contributed by atoms with Gasteiger partial charge in [0.2, 0.25) is 0 Å². The topological polar surface area (TPSA) is 121 Å². The lowest BCUT2D eigenvalue weighted by Crippen LogP contribution is -2.48. The summed E-state index contributed by atoms with van der Waals surface area (Å²) in [6.07, 6.45) is 2.72. The molecule has 0 spiro atoms. The van der Waals surface area contributed by atoms with Crippen molar-refractivity contribution in [1.29, 1.82) is 0 Å². The average molecular weight is 357 g/mol. The molecular weight excluding hydrogens is 340 g/mol. The van der Waals surface area contributed by atoms with E-state index in [2.05, 4.69) is 10.6 Å². The highest BCUT2D eigenvalue weighted by Gasteiger charge is 2.18. The normalized spacial score (nSPS) is 12.2. The molecule has 0 saturated heterocycles. The fourth-order valence-corrected chi connectivity index (χ4v) is 1.95. The van der Waals surface area contributed by atoms with Crippen LogP contribution in [-0.2, 0) is 9.59 Å². The maximum atomic E-state index is 12.4. The van der Waals surface area contributed by atoms with Gasteiger partial charge in [-0.1, -0.05) is 12.1 Å². The highest BCUT2D eigenvalue weighted by atomic mass is 16.5. The molecule has 8 nitrogen and oxygen atoms in total. The van der Waals surface area contributed by atoms with Crippen molar-refractivity contribution in [2.75, 3.05) is 7.11 Å². The van der Waals surface area contributed by atoms with Crippen LogP contribution in [0.3, 0.4) is 0 Å². The van der Waals surface area contributed by atoms with Gasteiger partial charge in [-0.25, -0.2) is 0 Å². The van der Waals surface area contributed by atoms with Crippen molar-refractivity contribution >= 4 is 23.9 Å². The molecule has 0 bridgehead atoms. The van der Waals surface area contributed by atoms with E-state index in [1.165, 1.54) is 38.5 Å². The van der Waals surface area contributed by atoms with Gasteiger partial charge in [-0.05, 0) is 42.8 Å². The molecule has 0 aliphatic rings. The molecule has 2 amide bonds. The van der Waals surface area contributed by atoms with Gasteiger partial charge in [0.05, 0.1) is 25.4 Å². The number of ether oxygens (including phenoxy) is 1. The molecule has 0 saturated carbocycles. The van der Waals surface area contributed by atoms with E-state index in [0.29, 0.717) is 11.3 Å². The van der Waals surface area contributed by atoms with Gasteiger partial charge in [-0.2, -0.15) is 0 Å². The molecule has 0 aliphatic carbocycles. The fraction of sp³-hybridized carbons (Fsp3) is 0.167. The van der Waals surface area contributed by atoms with Crippen LogP contribution in [0.2, 0.25) is 0 Å². The summed E-state index contributed by atoms with van der Waals surface area (Å²) < 4.78 is 10.0. The van der Waals surface area contributed by atoms with Gasteiger partial charge >= 0.3 is 0 Å². The second-order valence-electron chi connectivity index (χ2n) is 5.28. The molecule has 2 N–H and O–H groups in total. The number of carboxylic acids is 1. The molecule has 1 aromatic heterocycles. The zero-order valence-electron chi connectivity index (χ0n) is 14.1. The number of carbonyl (C=O) groups excluding carboxylic acids is 3. The molecule has 136 valence electrons. The summed E-state index contributed by atoms with van der Waals surface area (Å²) in [4.78, 5) is 35.3. The standard InChI is InChI=1S/C18H18N2O6/c1-11(18(23)24)19-16(21)14(20-17(22)15-4-3-9-26-15)10-12-5-7-13(25-2)8-6-12/h3-11H,1-2H3,(H,19,21)(H,20,22)(H,23,24)/p-1/b14-10+/t11-/m0/s1. The molecule has 1 atom stereocenters. The monoisotopic (exact) mass is 357 g/mol. The number of methoxy groups -OCH3 is 1. The maximum absolute atomic E-state index is 12.4. The van der Waals surface area contributed by atoms with Crippen LogP contribution in [0.1, 0.15) is 23.0 Å². The van der Waals surface area contributed by atoms with Crippen LogP contribution in [0.5, 0.6) is 5.75 Å². The second kappa shape index (κ2) is 8.52. The number of hydrogen-bond donors (Lipinski definition) is 2. The summed E-state index contributed by atoms with van der Waals surface area (Å²) in [5.74, 6) is -2.24. The van der Waals surface area contributed by atoms with Crippen LogP contribution in [0.15, 0.2) is 52.8 Å². The van der Waals surface area contributed by atoms with Crippen molar-refractivity contribution < 1.29 is 28.6 Å². The van der Waals surface area contributed by atoms with Crippen LogP contribution in [0, 0.1) is 0 Å². The van der Waals surface area contributed by atoms with Crippen molar-refractivity contribution in [1.82, 2.24) is 10.6 Å². The van der Waals surface area contributed by atoms with E-state index in [1.807, 2.05) is 0 Å². The van der Waals surface area contributed by atoms with Crippen molar-refractivity contribution in [2.45, 2.75) is 13.0 Å². The number of aliphatic carboxylic acids is 1. The Kier molecular flexibility index (Phi) is 6.15. The Labute approximate surface area is 149 Å². The summed E-state index contributed by atoms with van der Waals surface area (Å²) in [6, 6.07) is 8.43. The Morgan fingerprint density at radius 1 is 1.19 bits per heavy atom. The van der Waals surface area contributed by atoms with Gasteiger partial charge in [-0.3, -0.25) is 9.59 Å². The van der Waals surface area contributed by atoms with Crippen LogP contribution < -0.4 is 20.5 Å². The molecule has 0 fully saturated rings. The highest BCUT2D eigenvalue weighted by molar-refractivity contribution is 6.05. The predicted octanol–water partition coefficient (Wildman–Crippen LogP) is 0.314. The molecule has 26 heavy (non-hydrogen) atoms. The van der Waals surface area contributed by atoms with Crippen molar-refractivity contribution in [3.05, 3.63) is 59.7 Å². The molecule has 0 aliphatic heterocycles. The minimum Gasteiger partial charge on any atom is -0.548 e. The van der Waals surface area contributed by atoms with E-state index >= 15 is 0 Å². The average Bonchev–Trinajstić information content (AvgIpc) is 3.16. The van der Waals surface area contributed by atoms with E-state index in [0.717, 1.165) is 0 Å². The summed E-state index contributed by atoms with van der Waals surface area (Å²) in [5, 5.41) is 15.5. The molecule has 0 unspecified atom stereocenters. The maximum Gasteiger partial charge on any atom is 0.291 e. The van der Waals surface area contributed by atoms with E-state index in [-0.39, 0.29) is 11.5 Å². The van der Waals surface area contributed by atoms with Crippen molar-refractivity contribution in [3.63, 3.8) is 0 Å². The Hall–Kier alpha value is -3.55. The first kappa shape index (κ1) is 18.8. The number of carbonyl (C=O) groups is 3. The number of carboxylic acid groups (broad SMARTS) is 1. The van der Waals surface area contributed by atoms with Gasteiger partial charge in [0.25, 0.3) is 11.8 Å². The summed E-state index contributed by atoms with van der Waals surface area (Å²) in [7, 11) is 1.52. The number of amides is 2. The number of rotatable bonds is 7. The molecule has 2 rings (SSSR count). The van der Waals surface area contributed by atoms with E-state index in [9.17, 15) is 19.5 Å². The SMILES string of the molecule is COc1ccc(/C=C(/NC(=O)c2ccco2)C(=O)N[C@@H](C)C(=O)[O-])cc1. The first-order valence-corrected chi connectivity index (χ1v) is 7.63. The Bertz CT molecular complexity index is 809. The molecule has 1 heterocycles. The second-order valence-corrected chi connectivity index (χ2v) is 5.28. The van der Waals surface area contributed by atoms with Crippen molar-refractivity contribution in [2.24, 2.45) is 0 Å². The van der Waals surface area contributed by atoms with Gasteiger partial charge in [0.1, 0.15) is 11.4 Å². The van der Waals surface area contributed by atoms with Crippen molar-refractivity contribution in [3.8, 4) is 5.75 Å². The van der Waals surface area contributed by atoms with Gasteiger partial charge in [0, 0.05) is 0 Å². The van der Waals surface area contributed by atoms with Crippen LogP contribution in [-0.4, -0.2) is 30.9 Å². The smallest absolute Gasteiger partial charge is 0.291 e. The summed E-state index contributed by atoms with van der Waals surface area (Å²) in [6.45, 7) is 1.26. The minimum absolute atomic E-state index is 0.00591. The quantitative estimate of drug-likeness (QED) is 0.688. The molecule has 0 radical (unpaired) electrons. The van der Waals surface area contributed by atoms with Crippen LogP contribution >= 0.6 is 0 Å². The zero-order chi connectivity index (χ0) is 19.1. The lowest BCUT2D eigenvalue weighted by atomic mass is 10.1. The summed E-state index contributed by atoms with van der Waals surface area (Å²) >= 11 is 0. The molecule has 1 aromatic carbocycles. The Morgan fingerprint density at radius 2 is 1.88 bits per heavy atom. The third-order valence-corrected chi connectivity index (χ3v) is 3.37. The fourth-order valence-electron chi connectivity index (χ4n) is 1.95. The number of nitrogens with one attached hydrogen (secondary N) is 2. The predicted molar refractivity (Wildman–Crippen MR) is 89.8 cm³/mol. The number of benzene rings is 1. The van der Waals surface area contributed by atoms with Crippen LogP contribution in [0.25, 0.3) is 6.08 Å². The van der Waals surface area contributed by atoms with Gasteiger partial charge < -0.3 is 29.7 Å². The van der Waals surface area contributed by atoms with Gasteiger partial charge in [0.15, 0.2) is 5.76 Å². The molecule has 2 aromatic rings. The first-order valence-electron chi connectivity index (χ1n) is 7.63. The lowest BCUT2D eigenvalue weighted by molar-refractivity contribution is -0.307. The minimum atomic E-state index is -1.44.